The second kappa shape index (κ2) is 7.46. The molecular formula is C12H21N5O3. The number of nitro groups is 1. The van der Waals surface area contributed by atoms with Gasteiger partial charge in [0.05, 0.1) is 11.5 Å². The second-order valence-electron chi connectivity index (χ2n) is 4.47. The molecule has 0 bridgehead atoms. The van der Waals surface area contributed by atoms with E-state index in [0.717, 1.165) is 12.8 Å². The minimum atomic E-state index is -0.471. The fourth-order valence-electron chi connectivity index (χ4n) is 1.83. The van der Waals surface area contributed by atoms with Gasteiger partial charge in [-0.15, -0.1) is 0 Å². The average Bonchev–Trinajstić information content (AvgIpc) is 2.70. The summed E-state index contributed by atoms with van der Waals surface area (Å²) in [5.41, 5.74) is 0.279. The summed E-state index contributed by atoms with van der Waals surface area (Å²) in [5, 5.41) is 20.8. The zero-order valence-corrected chi connectivity index (χ0v) is 12.1. The molecule has 0 unspecified atom stereocenters. The molecule has 2 N–H and O–H groups in total. The molecule has 1 aromatic heterocycles. The lowest BCUT2D eigenvalue weighted by Gasteiger charge is -2.08. The predicted molar refractivity (Wildman–Crippen MR) is 75.7 cm³/mol. The van der Waals surface area contributed by atoms with Gasteiger partial charge in [0.25, 0.3) is 0 Å². The van der Waals surface area contributed by atoms with Crippen molar-refractivity contribution in [1.29, 1.82) is 0 Å². The summed E-state index contributed by atoms with van der Waals surface area (Å²) < 4.78 is 1.54. The highest BCUT2D eigenvalue weighted by Crippen LogP contribution is 2.28. The number of nitrogens with zero attached hydrogens (tertiary/aromatic N) is 3. The van der Waals surface area contributed by atoms with E-state index in [1.54, 1.807) is 11.6 Å². The Balaban J connectivity index is 2.85. The Hall–Kier alpha value is -2.12. The van der Waals surface area contributed by atoms with E-state index in [4.69, 9.17) is 0 Å². The van der Waals surface area contributed by atoms with Gasteiger partial charge in [-0.1, -0.05) is 13.8 Å². The third-order valence-electron chi connectivity index (χ3n) is 2.70. The second-order valence-corrected chi connectivity index (χ2v) is 4.47. The van der Waals surface area contributed by atoms with Crippen molar-refractivity contribution >= 4 is 17.4 Å². The number of anilines is 1. The van der Waals surface area contributed by atoms with E-state index in [-0.39, 0.29) is 18.1 Å². The normalized spacial score (nSPS) is 10.3. The summed E-state index contributed by atoms with van der Waals surface area (Å²) in [6, 6.07) is 0. The van der Waals surface area contributed by atoms with Crippen molar-refractivity contribution in [2.24, 2.45) is 0 Å². The number of amides is 1. The van der Waals surface area contributed by atoms with E-state index in [2.05, 4.69) is 15.7 Å². The standard InChI is InChI=1S/C12H21N5O3/c1-4-6-13-10(18)8-14-12-11(17(19)20)9(3)15-16(12)7-5-2/h14H,4-8H2,1-3H3,(H,13,18). The van der Waals surface area contributed by atoms with Crippen LogP contribution in [-0.4, -0.2) is 33.7 Å². The highest BCUT2D eigenvalue weighted by Gasteiger charge is 2.25. The fraction of sp³-hybridized carbons (Fsp3) is 0.667. The van der Waals surface area contributed by atoms with Crippen molar-refractivity contribution in [3.8, 4) is 0 Å². The molecule has 0 aromatic carbocycles. The summed E-state index contributed by atoms with van der Waals surface area (Å²) in [6.45, 7) is 6.66. The predicted octanol–water partition coefficient (Wildman–Crippen LogP) is 1.45. The lowest BCUT2D eigenvalue weighted by molar-refractivity contribution is -0.384. The molecule has 0 aliphatic carbocycles. The number of carbonyl (C=O) groups is 1. The molecule has 0 saturated heterocycles. The molecule has 0 fully saturated rings. The Bertz CT molecular complexity index is 484. The Labute approximate surface area is 117 Å². The molecule has 112 valence electrons. The van der Waals surface area contributed by atoms with Gasteiger partial charge in [-0.3, -0.25) is 14.9 Å². The van der Waals surface area contributed by atoms with Gasteiger partial charge >= 0.3 is 5.69 Å². The van der Waals surface area contributed by atoms with Gasteiger partial charge in [0.15, 0.2) is 0 Å². The van der Waals surface area contributed by atoms with Crippen molar-refractivity contribution in [2.45, 2.75) is 40.2 Å². The highest BCUT2D eigenvalue weighted by atomic mass is 16.6. The van der Waals surface area contributed by atoms with E-state index in [0.29, 0.717) is 24.6 Å². The summed E-state index contributed by atoms with van der Waals surface area (Å²) in [5.74, 6) is 0.101. The Morgan fingerprint density at radius 3 is 2.65 bits per heavy atom. The monoisotopic (exact) mass is 283 g/mol. The highest BCUT2D eigenvalue weighted by molar-refractivity contribution is 5.81. The molecule has 0 spiro atoms. The fourth-order valence-corrected chi connectivity index (χ4v) is 1.83. The van der Waals surface area contributed by atoms with Gasteiger partial charge in [-0.25, -0.2) is 4.68 Å². The van der Waals surface area contributed by atoms with Crippen molar-refractivity contribution in [2.75, 3.05) is 18.4 Å². The molecule has 8 nitrogen and oxygen atoms in total. The van der Waals surface area contributed by atoms with Crippen molar-refractivity contribution < 1.29 is 9.72 Å². The molecule has 1 rings (SSSR count). The average molecular weight is 283 g/mol. The van der Waals surface area contributed by atoms with Gasteiger partial charge in [-0.2, -0.15) is 5.10 Å². The maximum absolute atomic E-state index is 11.6. The van der Waals surface area contributed by atoms with Gasteiger partial charge in [0, 0.05) is 13.1 Å². The number of hydrogen-bond donors (Lipinski definition) is 2. The van der Waals surface area contributed by atoms with Crippen LogP contribution in [0.15, 0.2) is 0 Å². The summed E-state index contributed by atoms with van der Waals surface area (Å²) in [4.78, 5) is 22.2. The van der Waals surface area contributed by atoms with Crippen LogP contribution in [-0.2, 0) is 11.3 Å². The lowest BCUT2D eigenvalue weighted by atomic mass is 10.3. The quantitative estimate of drug-likeness (QED) is 0.555. The maximum atomic E-state index is 11.6. The largest absolute Gasteiger partial charge is 0.355 e. The first-order valence-electron chi connectivity index (χ1n) is 6.73. The third-order valence-corrected chi connectivity index (χ3v) is 2.70. The summed E-state index contributed by atoms with van der Waals surface area (Å²) >= 11 is 0. The first-order valence-corrected chi connectivity index (χ1v) is 6.73. The molecule has 1 heterocycles. The van der Waals surface area contributed by atoms with Crippen molar-refractivity contribution in [3.05, 3.63) is 15.8 Å². The van der Waals surface area contributed by atoms with Crippen LogP contribution in [0.4, 0.5) is 11.5 Å². The molecule has 1 amide bonds. The minimum Gasteiger partial charge on any atom is -0.355 e. The number of carbonyl (C=O) groups excluding carboxylic acids is 1. The molecule has 20 heavy (non-hydrogen) atoms. The van der Waals surface area contributed by atoms with E-state index < -0.39 is 4.92 Å². The molecule has 0 atom stereocenters. The molecule has 8 heteroatoms. The topological polar surface area (TPSA) is 102 Å². The zero-order valence-electron chi connectivity index (χ0n) is 12.1. The number of nitrogens with one attached hydrogen (secondary N) is 2. The van der Waals surface area contributed by atoms with Crippen molar-refractivity contribution in [3.63, 3.8) is 0 Å². The number of rotatable bonds is 8. The minimum absolute atomic E-state index is 0.00428. The Morgan fingerprint density at radius 2 is 2.10 bits per heavy atom. The number of hydrogen-bond acceptors (Lipinski definition) is 5. The molecule has 1 aromatic rings. The van der Waals surface area contributed by atoms with Crippen LogP contribution < -0.4 is 10.6 Å². The SMILES string of the molecule is CCCNC(=O)CNc1c([N+](=O)[O-])c(C)nn1CCC. The molecule has 0 saturated carbocycles. The Morgan fingerprint density at radius 1 is 1.40 bits per heavy atom. The van der Waals surface area contributed by atoms with E-state index >= 15 is 0 Å². The van der Waals surface area contributed by atoms with Crippen LogP contribution in [0.1, 0.15) is 32.4 Å². The van der Waals surface area contributed by atoms with Crippen LogP contribution in [0, 0.1) is 17.0 Å². The van der Waals surface area contributed by atoms with Gasteiger partial charge < -0.3 is 10.6 Å². The first kappa shape index (κ1) is 15.9. The smallest absolute Gasteiger partial charge is 0.333 e. The van der Waals surface area contributed by atoms with Crippen LogP contribution >= 0.6 is 0 Å². The van der Waals surface area contributed by atoms with E-state index in [9.17, 15) is 14.9 Å². The maximum Gasteiger partial charge on any atom is 0.333 e. The van der Waals surface area contributed by atoms with E-state index in [1.807, 2.05) is 13.8 Å². The molecular weight excluding hydrogens is 262 g/mol. The molecule has 0 radical (unpaired) electrons. The van der Waals surface area contributed by atoms with Gasteiger partial charge in [0.2, 0.25) is 11.7 Å². The van der Waals surface area contributed by atoms with Crippen LogP contribution in [0.25, 0.3) is 0 Å². The van der Waals surface area contributed by atoms with Crippen LogP contribution in [0.5, 0.6) is 0 Å². The number of aryl methyl sites for hydroxylation is 2. The van der Waals surface area contributed by atoms with Crippen molar-refractivity contribution in [1.82, 2.24) is 15.1 Å². The zero-order chi connectivity index (χ0) is 15.1. The lowest BCUT2D eigenvalue weighted by Crippen LogP contribution is -2.31. The summed E-state index contributed by atoms with van der Waals surface area (Å²) in [7, 11) is 0. The Kier molecular flexibility index (Phi) is 5.95. The molecule has 0 aliphatic heterocycles. The number of aromatic nitrogens is 2. The van der Waals surface area contributed by atoms with Gasteiger partial charge in [-0.05, 0) is 19.8 Å². The van der Waals surface area contributed by atoms with E-state index in [1.165, 1.54) is 0 Å². The van der Waals surface area contributed by atoms with Gasteiger partial charge in [0.1, 0.15) is 5.69 Å². The third kappa shape index (κ3) is 3.94. The molecule has 0 aliphatic rings. The summed E-state index contributed by atoms with van der Waals surface area (Å²) in [6.07, 6.45) is 1.65. The van der Waals surface area contributed by atoms with Crippen LogP contribution in [0.3, 0.4) is 0 Å². The van der Waals surface area contributed by atoms with Crippen LogP contribution in [0.2, 0.25) is 0 Å². The first-order chi connectivity index (χ1) is 9.51.